The van der Waals surface area contributed by atoms with Gasteiger partial charge in [-0.1, -0.05) is 17.7 Å². The average molecular weight is 239 g/mol. The second-order valence-corrected chi connectivity index (χ2v) is 3.54. The zero-order valence-electron chi connectivity index (χ0n) is 8.95. The second-order valence-electron chi connectivity index (χ2n) is 3.13. The first kappa shape index (κ1) is 10.8. The Kier molecular flexibility index (Phi) is 3.01. The summed E-state index contributed by atoms with van der Waals surface area (Å²) >= 11 is 6.01. The normalized spacial score (nSPS) is 10.2. The molecule has 0 spiro atoms. The zero-order valence-corrected chi connectivity index (χ0v) is 9.71. The minimum Gasteiger partial charge on any atom is -0.493 e. The predicted octanol–water partition coefficient (Wildman–Crippen LogP) is 2.75. The third-order valence-electron chi connectivity index (χ3n) is 2.27. The molecule has 1 aromatic heterocycles. The van der Waals surface area contributed by atoms with Gasteiger partial charge in [0, 0.05) is 5.56 Å². The third kappa shape index (κ3) is 1.72. The Labute approximate surface area is 98.1 Å². The summed E-state index contributed by atoms with van der Waals surface area (Å²) in [6, 6.07) is 5.58. The summed E-state index contributed by atoms with van der Waals surface area (Å²) in [5, 5.41) is 7.25. The molecule has 1 N–H and O–H groups in total. The molecule has 0 aliphatic rings. The van der Waals surface area contributed by atoms with Crippen molar-refractivity contribution in [3.8, 4) is 22.8 Å². The number of halogens is 1. The van der Waals surface area contributed by atoms with Crippen molar-refractivity contribution in [2.24, 2.45) is 0 Å². The van der Waals surface area contributed by atoms with Gasteiger partial charge < -0.3 is 9.47 Å². The van der Waals surface area contributed by atoms with Crippen LogP contribution in [-0.4, -0.2) is 24.4 Å². The van der Waals surface area contributed by atoms with Gasteiger partial charge >= 0.3 is 0 Å². The minimum absolute atomic E-state index is 0.548. The number of methoxy groups -OCH3 is 2. The van der Waals surface area contributed by atoms with E-state index in [1.165, 1.54) is 0 Å². The average Bonchev–Trinajstić information content (AvgIpc) is 2.74. The molecule has 16 heavy (non-hydrogen) atoms. The number of para-hydroxylation sites is 1. The fourth-order valence-electron chi connectivity index (χ4n) is 1.54. The van der Waals surface area contributed by atoms with E-state index in [2.05, 4.69) is 10.2 Å². The van der Waals surface area contributed by atoms with Crippen molar-refractivity contribution in [2.45, 2.75) is 0 Å². The van der Waals surface area contributed by atoms with Crippen LogP contribution in [0, 0.1) is 0 Å². The molecule has 0 radical (unpaired) electrons. The Bertz CT molecular complexity index is 496. The van der Waals surface area contributed by atoms with Crippen molar-refractivity contribution < 1.29 is 9.47 Å². The van der Waals surface area contributed by atoms with E-state index in [4.69, 9.17) is 21.1 Å². The first-order chi connectivity index (χ1) is 7.77. The number of ether oxygens (including phenoxy) is 2. The first-order valence-corrected chi connectivity index (χ1v) is 5.06. The lowest BCUT2D eigenvalue weighted by molar-refractivity contribution is 0.356. The van der Waals surface area contributed by atoms with Crippen LogP contribution >= 0.6 is 11.6 Å². The topological polar surface area (TPSA) is 47.1 Å². The van der Waals surface area contributed by atoms with Crippen LogP contribution in [0.1, 0.15) is 0 Å². The highest BCUT2D eigenvalue weighted by Crippen LogP contribution is 2.39. The van der Waals surface area contributed by atoms with Gasteiger partial charge in [-0.25, -0.2) is 0 Å². The van der Waals surface area contributed by atoms with Crippen LogP contribution in [0.25, 0.3) is 11.3 Å². The highest BCUT2D eigenvalue weighted by molar-refractivity contribution is 6.33. The number of rotatable bonds is 3. The number of hydrogen-bond acceptors (Lipinski definition) is 3. The van der Waals surface area contributed by atoms with E-state index < -0.39 is 0 Å². The van der Waals surface area contributed by atoms with Gasteiger partial charge in [0.15, 0.2) is 11.5 Å². The number of benzene rings is 1. The molecule has 0 unspecified atom stereocenters. The SMILES string of the molecule is COc1cccc(-c2[nH]ncc2Cl)c1OC. The largest absolute Gasteiger partial charge is 0.493 e. The molecule has 1 aromatic carbocycles. The summed E-state index contributed by atoms with van der Waals surface area (Å²) < 4.78 is 10.5. The van der Waals surface area contributed by atoms with Crippen molar-refractivity contribution in [3.63, 3.8) is 0 Å². The van der Waals surface area contributed by atoms with Crippen LogP contribution in [0.5, 0.6) is 11.5 Å². The van der Waals surface area contributed by atoms with E-state index in [1.807, 2.05) is 18.2 Å². The molecule has 0 amide bonds. The summed E-state index contributed by atoms with van der Waals surface area (Å²) in [6.07, 6.45) is 1.55. The second kappa shape index (κ2) is 4.45. The van der Waals surface area contributed by atoms with Gasteiger partial charge in [-0.05, 0) is 12.1 Å². The van der Waals surface area contributed by atoms with Crippen LogP contribution in [0.15, 0.2) is 24.4 Å². The molecular weight excluding hydrogens is 228 g/mol. The van der Waals surface area contributed by atoms with Crippen LogP contribution in [-0.2, 0) is 0 Å². The van der Waals surface area contributed by atoms with Gasteiger partial charge in [-0.3, -0.25) is 5.10 Å². The summed E-state index contributed by atoms with van der Waals surface area (Å²) in [6.45, 7) is 0. The van der Waals surface area contributed by atoms with E-state index in [1.54, 1.807) is 20.4 Å². The Morgan fingerprint density at radius 3 is 2.62 bits per heavy atom. The van der Waals surface area contributed by atoms with Crippen molar-refractivity contribution in [1.29, 1.82) is 0 Å². The standard InChI is InChI=1S/C11H11ClN2O2/c1-15-9-5-3-4-7(11(9)16-2)10-8(12)6-13-14-10/h3-6H,1-2H3,(H,13,14). The molecule has 0 saturated heterocycles. The highest BCUT2D eigenvalue weighted by Gasteiger charge is 2.14. The Balaban J connectivity index is 2.61. The summed E-state index contributed by atoms with van der Waals surface area (Å²) in [5.41, 5.74) is 1.54. The lowest BCUT2D eigenvalue weighted by atomic mass is 10.1. The fourth-order valence-corrected chi connectivity index (χ4v) is 1.74. The Morgan fingerprint density at radius 2 is 2.06 bits per heavy atom. The fraction of sp³-hybridized carbons (Fsp3) is 0.182. The molecule has 0 aliphatic carbocycles. The predicted molar refractivity (Wildman–Crippen MR) is 62.1 cm³/mol. The smallest absolute Gasteiger partial charge is 0.170 e. The lowest BCUT2D eigenvalue weighted by Gasteiger charge is -2.11. The Hall–Kier alpha value is -1.68. The number of aromatic nitrogens is 2. The number of nitrogens with one attached hydrogen (secondary N) is 1. The number of aromatic amines is 1. The van der Waals surface area contributed by atoms with Gasteiger partial charge in [0.25, 0.3) is 0 Å². The molecule has 4 nitrogen and oxygen atoms in total. The van der Waals surface area contributed by atoms with Crippen LogP contribution in [0.3, 0.4) is 0 Å². The molecule has 2 aromatic rings. The van der Waals surface area contributed by atoms with Gasteiger partial charge in [0.05, 0.1) is 31.1 Å². The van der Waals surface area contributed by atoms with E-state index >= 15 is 0 Å². The quantitative estimate of drug-likeness (QED) is 0.895. The minimum atomic E-state index is 0.548. The van der Waals surface area contributed by atoms with Crippen LogP contribution in [0.4, 0.5) is 0 Å². The van der Waals surface area contributed by atoms with Crippen LogP contribution < -0.4 is 9.47 Å². The first-order valence-electron chi connectivity index (χ1n) is 4.68. The molecule has 0 aliphatic heterocycles. The van der Waals surface area contributed by atoms with E-state index in [0.29, 0.717) is 16.5 Å². The zero-order chi connectivity index (χ0) is 11.5. The number of hydrogen-bond donors (Lipinski definition) is 1. The molecule has 5 heteroatoms. The van der Waals surface area contributed by atoms with E-state index in [0.717, 1.165) is 11.3 Å². The molecule has 1 heterocycles. The summed E-state index contributed by atoms with van der Waals surface area (Å²) in [5.74, 6) is 1.29. The number of H-pyrrole nitrogens is 1. The van der Waals surface area contributed by atoms with E-state index in [-0.39, 0.29) is 0 Å². The maximum atomic E-state index is 6.01. The molecular formula is C11H11ClN2O2. The third-order valence-corrected chi connectivity index (χ3v) is 2.55. The van der Waals surface area contributed by atoms with Crippen molar-refractivity contribution in [2.75, 3.05) is 14.2 Å². The summed E-state index contributed by atoms with van der Waals surface area (Å²) in [7, 11) is 3.18. The van der Waals surface area contributed by atoms with Crippen LogP contribution in [0.2, 0.25) is 5.02 Å². The molecule has 0 atom stereocenters. The van der Waals surface area contributed by atoms with Gasteiger partial charge in [0.2, 0.25) is 0 Å². The highest BCUT2D eigenvalue weighted by atomic mass is 35.5. The monoisotopic (exact) mass is 238 g/mol. The van der Waals surface area contributed by atoms with Crippen molar-refractivity contribution in [3.05, 3.63) is 29.4 Å². The molecule has 2 rings (SSSR count). The van der Waals surface area contributed by atoms with Crippen molar-refractivity contribution in [1.82, 2.24) is 10.2 Å². The van der Waals surface area contributed by atoms with Gasteiger partial charge in [-0.2, -0.15) is 5.10 Å². The van der Waals surface area contributed by atoms with Gasteiger partial charge in [0.1, 0.15) is 0 Å². The Morgan fingerprint density at radius 1 is 1.25 bits per heavy atom. The molecule has 0 bridgehead atoms. The maximum Gasteiger partial charge on any atom is 0.170 e. The number of nitrogens with zero attached hydrogens (tertiary/aromatic N) is 1. The molecule has 0 fully saturated rings. The van der Waals surface area contributed by atoms with Crippen molar-refractivity contribution >= 4 is 11.6 Å². The lowest BCUT2D eigenvalue weighted by Crippen LogP contribution is -1.93. The maximum absolute atomic E-state index is 6.01. The molecule has 84 valence electrons. The van der Waals surface area contributed by atoms with Gasteiger partial charge in [-0.15, -0.1) is 0 Å². The summed E-state index contributed by atoms with van der Waals surface area (Å²) in [4.78, 5) is 0. The van der Waals surface area contributed by atoms with E-state index in [9.17, 15) is 0 Å². The molecule has 0 saturated carbocycles.